The van der Waals surface area contributed by atoms with Crippen molar-refractivity contribution in [1.82, 2.24) is 9.97 Å². The molecule has 1 unspecified atom stereocenters. The fourth-order valence-corrected chi connectivity index (χ4v) is 3.72. The molecule has 1 amide bonds. The Labute approximate surface area is 174 Å². The Bertz CT molecular complexity index is 993. The second-order valence-electron chi connectivity index (χ2n) is 7.06. The quantitative estimate of drug-likeness (QED) is 0.420. The number of halogens is 1. The summed E-state index contributed by atoms with van der Waals surface area (Å²) in [5.41, 5.74) is 3.24. The molecule has 148 valence electrons. The third kappa shape index (κ3) is 4.55. The van der Waals surface area contributed by atoms with E-state index in [-0.39, 0.29) is 17.2 Å². The smallest absolute Gasteiger partial charge is 0.228 e. The van der Waals surface area contributed by atoms with Crippen molar-refractivity contribution in [1.29, 1.82) is 0 Å². The Morgan fingerprint density at radius 3 is 2.69 bits per heavy atom. The van der Waals surface area contributed by atoms with Gasteiger partial charge in [0.2, 0.25) is 5.91 Å². The first-order valence-corrected chi connectivity index (χ1v) is 9.88. The molecule has 29 heavy (non-hydrogen) atoms. The Balaban J connectivity index is 1.48. The lowest BCUT2D eigenvalue weighted by molar-refractivity contribution is -0.122. The van der Waals surface area contributed by atoms with Crippen molar-refractivity contribution < 1.29 is 9.90 Å². The van der Waals surface area contributed by atoms with Gasteiger partial charge in [-0.3, -0.25) is 9.78 Å². The minimum absolute atomic E-state index is 0.0742. The largest absolute Gasteiger partial charge is 0.369 e. The molecule has 0 radical (unpaired) electrons. The maximum Gasteiger partial charge on any atom is 0.228 e. The number of nitrogens with one attached hydrogen (secondary N) is 2. The van der Waals surface area contributed by atoms with Crippen LogP contribution < -0.4 is 10.6 Å². The molecular formula is C22H21ClN4O2. The van der Waals surface area contributed by atoms with Crippen molar-refractivity contribution in [3.63, 3.8) is 0 Å². The Morgan fingerprint density at radius 1 is 1.14 bits per heavy atom. The summed E-state index contributed by atoms with van der Waals surface area (Å²) in [6, 6.07) is 15.1. The van der Waals surface area contributed by atoms with Crippen molar-refractivity contribution in [2.75, 3.05) is 10.6 Å². The molecule has 0 saturated heterocycles. The van der Waals surface area contributed by atoms with E-state index in [1.807, 2.05) is 36.4 Å². The third-order valence-electron chi connectivity index (χ3n) is 5.00. The van der Waals surface area contributed by atoms with Gasteiger partial charge in [-0.05, 0) is 36.6 Å². The fraction of sp³-hybridized carbons (Fsp3) is 0.227. The zero-order chi connectivity index (χ0) is 20.2. The van der Waals surface area contributed by atoms with Gasteiger partial charge in [-0.1, -0.05) is 30.3 Å². The highest BCUT2D eigenvalue weighted by Gasteiger charge is 2.33. The summed E-state index contributed by atoms with van der Waals surface area (Å²) in [7, 11) is 0. The molecule has 0 bridgehead atoms. The number of aliphatic hydroxyl groups is 1. The van der Waals surface area contributed by atoms with Gasteiger partial charge in [-0.2, -0.15) is 0 Å². The van der Waals surface area contributed by atoms with E-state index in [2.05, 4.69) is 20.6 Å². The number of benzene rings is 1. The Kier molecular flexibility index (Phi) is 5.74. The molecule has 2 heterocycles. The van der Waals surface area contributed by atoms with E-state index in [1.54, 1.807) is 30.7 Å². The standard InChI is InChI=1S/C22H21ClN4O2/c23-17-10-16(11-17)22(29)27-20-12-15(6-9-25-20)21(28)26-19-13-24-8-7-18(19)14-4-2-1-3-5-14/h1-9,12-13,16-17,21,26,28H,10-11H2,(H,25,27,29). The summed E-state index contributed by atoms with van der Waals surface area (Å²) in [6.45, 7) is 0. The van der Waals surface area contributed by atoms with Crippen LogP contribution in [-0.4, -0.2) is 26.4 Å². The molecule has 0 aliphatic heterocycles. The molecular weight excluding hydrogens is 388 g/mol. The van der Waals surface area contributed by atoms with Crippen LogP contribution in [0.15, 0.2) is 67.1 Å². The lowest BCUT2D eigenvalue weighted by Crippen LogP contribution is -2.35. The number of amides is 1. The molecule has 3 N–H and O–H groups in total. The van der Waals surface area contributed by atoms with Crippen molar-refractivity contribution in [2.24, 2.45) is 5.92 Å². The van der Waals surface area contributed by atoms with Crippen molar-refractivity contribution in [3.05, 3.63) is 72.7 Å². The number of nitrogens with zero attached hydrogens (tertiary/aromatic N) is 2. The number of rotatable bonds is 6. The molecule has 1 fully saturated rings. The molecule has 1 aliphatic rings. The fourth-order valence-electron chi connectivity index (χ4n) is 3.29. The number of carbonyl (C=O) groups excluding carboxylic acids is 1. The van der Waals surface area contributed by atoms with Crippen LogP contribution in [0.4, 0.5) is 11.5 Å². The number of aliphatic hydroxyl groups excluding tert-OH is 1. The lowest BCUT2D eigenvalue weighted by atomic mass is 9.84. The zero-order valence-electron chi connectivity index (χ0n) is 15.6. The summed E-state index contributed by atoms with van der Waals surface area (Å²) in [4.78, 5) is 20.6. The van der Waals surface area contributed by atoms with Gasteiger partial charge < -0.3 is 15.7 Å². The van der Waals surface area contributed by atoms with E-state index in [9.17, 15) is 9.90 Å². The Morgan fingerprint density at radius 2 is 1.93 bits per heavy atom. The van der Waals surface area contributed by atoms with E-state index >= 15 is 0 Å². The number of anilines is 2. The first-order valence-electron chi connectivity index (χ1n) is 9.45. The van der Waals surface area contributed by atoms with Crippen molar-refractivity contribution in [2.45, 2.75) is 24.4 Å². The molecule has 1 saturated carbocycles. The predicted octanol–water partition coefficient (Wildman–Crippen LogP) is 4.20. The molecule has 0 spiro atoms. The number of carbonyl (C=O) groups is 1. The van der Waals surface area contributed by atoms with E-state index in [1.165, 1.54) is 0 Å². The molecule has 1 aromatic carbocycles. The van der Waals surface area contributed by atoms with E-state index in [0.29, 0.717) is 29.9 Å². The molecule has 3 aromatic rings. The summed E-state index contributed by atoms with van der Waals surface area (Å²) >= 11 is 5.95. The average molecular weight is 409 g/mol. The highest BCUT2D eigenvalue weighted by Crippen LogP contribution is 2.33. The van der Waals surface area contributed by atoms with Crippen molar-refractivity contribution >= 4 is 29.0 Å². The van der Waals surface area contributed by atoms with Crippen LogP contribution >= 0.6 is 11.6 Å². The normalized spacial score (nSPS) is 19.1. The minimum atomic E-state index is -0.990. The van der Waals surface area contributed by atoms with Gasteiger partial charge in [0.15, 0.2) is 6.23 Å². The number of aromatic nitrogens is 2. The van der Waals surface area contributed by atoms with Crippen LogP contribution in [-0.2, 0) is 4.79 Å². The van der Waals surface area contributed by atoms with Gasteiger partial charge in [-0.25, -0.2) is 4.98 Å². The van der Waals surface area contributed by atoms with Gasteiger partial charge in [0.25, 0.3) is 0 Å². The summed E-state index contributed by atoms with van der Waals surface area (Å²) in [5.74, 6) is 0.239. The van der Waals surface area contributed by atoms with Crippen LogP contribution in [0.25, 0.3) is 11.1 Å². The third-order valence-corrected chi connectivity index (χ3v) is 5.36. The van der Waals surface area contributed by atoms with Crippen LogP contribution in [0, 0.1) is 5.92 Å². The lowest BCUT2D eigenvalue weighted by Gasteiger charge is -2.29. The number of hydrogen-bond acceptors (Lipinski definition) is 5. The predicted molar refractivity (Wildman–Crippen MR) is 113 cm³/mol. The minimum Gasteiger partial charge on any atom is -0.369 e. The second-order valence-corrected chi connectivity index (χ2v) is 7.68. The summed E-state index contributed by atoms with van der Waals surface area (Å²) in [6.07, 6.45) is 5.32. The zero-order valence-corrected chi connectivity index (χ0v) is 16.4. The van der Waals surface area contributed by atoms with Gasteiger partial charge in [-0.15, -0.1) is 11.6 Å². The maximum absolute atomic E-state index is 12.2. The van der Waals surface area contributed by atoms with Crippen LogP contribution in [0.2, 0.25) is 0 Å². The van der Waals surface area contributed by atoms with Gasteiger partial charge >= 0.3 is 0 Å². The average Bonchev–Trinajstić information content (AvgIpc) is 2.72. The molecule has 2 aromatic heterocycles. The SMILES string of the molecule is O=C(Nc1cc(C(O)Nc2cnccc2-c2ccccc2)ccn1)C1CC(Cl)C1. The second kappa shape index (κ2) is 8.59. The first-order chi connectivity index (χ1) is 14.1. The highest BCUT2D eigenvalue weighted by atomic mass is 35.5. The summed E-state index contributed by atoms with van der Waals surface area (Å²) < 4.78 is 0. The molecule has 6 nitrogen and oxygen atoms in total. The highest BCUT2D eigenvalue weighted by molar-refractivity contribution is 6.21. The molecule has 1 atom stereocenters. The van der Waals surface area contributed by atoms with E-state index in [0.717, 1.165) is 11.1 Å². The molecule has 7 heteroatoms. The topological polar surface area (TPSA) is 87.1 Å². The van der Waals surface area contributed by atoms with Gasteiger partial charge in [0.1, 0.15) is 5.82 Å². The van der Waals surface area contributed by atoms with Crippen LogP contribution in [0.5, 0.6) is 0 Å². The molecule has 4 rings (SSSR count). The van der Waals surface area contributed by atoms with Crippen LogP contribution in [0.1, 0.15) is 24.6 Å². The monoisotopic (exact) mass is 408 g/mol. The maximum atomic E-state index is 12.2. The van der Waals surface area contributed by atoms with Crippen molar-refractivity contribution in [3.8, 4) is 11.1 Å². The van der Waals surface area contributed by atoms with Gasteiger partial charge in [0.05, 0.1) is 11.9 Å². The first kappa shape index (κ1) is 19.4. The van der Waals surface area contributed by atoms with Gasteiger partial charge in [0, 0.05) is 34.8 Å². The van der Waals surface area contributed by atoms with Crippen LogP contribution in [0.3, 0.4) is 0 Å². The Hall–Kier alpha value is -2.96. The number of alkyl halides is 1. The number of hydrogen-bond donors (Lipinski definition) is 3. The van der Waals surface area contributed by atoms with E-state index in [4.69, 9.17) is 11.6 Å². The van der Waals surface area contributed by atoms with E-state index < -0.39 is 6.23 Å². The summed E-state index contributed by atoms with van der Waals surface area (Å²) in [5, 5.41) is 16.7. The number of pyridine rings is 2. The molecule has 1 aliphatic carbocycles.